The molecule has 3 aromatic rings. The summed E-state index contributed by atoms with van der Waals surface area (Å²) in [6.45, 7) is 2.14. The van der Waals surface area contributed by atoms with Gasteiger partial charge in [0.1, 0.15) is 5.65 Å². The van der Waals surface area contributed by atoms with E-state index < -0.39 is 0 Å². The Morgan fingerprint density at radius 3 is 2.71 bits per heavy atom. The molecule has 0 aliphatic heterocycles. The first-order valence-electron chi connectivity index (χ1n) is 5.69. The van der Waals surface area contributed by atoms with Crippen LogP contribution in [0.5, 0.6) is 0 Å². The Balaban J connectivity index is 2.10. The van der Waals surface area contributed by atoms with E-state index in [9.17, 15) is 0 Å². The molecule has 0 fully saturated rings. The van der Waals surface area contributed by atoms with Gasteiger partial charge in [0, 0.05) is 24.0 Å². The number of fused-ring (bicyclic) bond motifs is 1. The van der Waals surface area contributed by atoms with Gasteiger partial charge < -0.3 is 4.57 Å². The normalized spacial score (nSPS) is 12.8. The molecule has 3 aromatic heterocycles. The third-order valence-electron chi connectivity index (χ3n) is 3.01. The highest BCUT2D eigenvalue weighted by Crippen LogP contribution is 2.21. The van der Waals surface area contributed by atoms with Gasteiger partial charge in [0.15, 0.2) is 0 Å². The fourth-order valence-electron chi connectivity index (χ4n) is 2.06. The molecule has 3 heterocycles. The maximum atomic E-state index is 4.42. The van der Waals surface area contributed by atoms with Crippen LogP contribution in [0.3, 0.4) is 0 Å². The lowest BCUT2D eigenvalue weighted by Crippen LogP contribution is -2.07. The monoisotopic (exact) mass is 223 g/mol. The van der Waals surface area contributed by atoms with E-state index in [1.54, 1.807) is 0 Å². The minimum absolute atomic E-state index is 0.198. The lowest BCUT2D eigenvalue weighted by atomic mass is 10.2. The molecule has 17 heavy (non-hydrogen) atoms. The van der Waals surface area contributed by atoms with E-state index >= 15 is 0 Å². The van der Waals surface area contributed by atoms with E-state index in [0.717, 1.165) is 16.7 Å². The third-order valence-corrected chi connectivity index (χ3v) is 3.01. The summed E-state index contributed by atoms with van der Waals surface area (Å²) in [5.41, 5.74) is 2.06. The number of rotatable bonds is 2. The zero-order valence-electron chi connectivity index (χ0n) is 9.62. The molecule has 0 aliphatic rings. The largest absolute Gasteiger partial charge is 0.324 e. The molecule has 0 spiro atoms. The van der Waals surface area contributed by atoms with E-state index in [1.807, 2.05) is 36.7 Å². The third kappa shape index (κ3) is 1.69. The molecule has 0 amide bonds. The van der Waals surface area contributed by atoms with Crippen molar-refractivity contribution in [2.24, 2.45) is 0 Å². The van der Waals surface area contributed by atoms with Gasteiger partial charge in [-0.25, -0.2) is 4.98 Å². The molecule has 0 radical (unpaired) electrons. The molecule has 3 heteroatoms. The fourth-order valence-corrected chi connectivity index (χ4v) is 2.06. The van der Waals surface area contributed by atoms with Gasteiger partial charge >= 0.3 is 0 Å². The average molecular weight is 223 g/mol. The summed E-state index contributed by atoms with van der Waals surface area (Å²) < 4.78 is 2.15. The molecule has 1 atom stereocenters. The summed E-state index contributed by atoms with van der Waals surface area (Å²) in [6, 6.07) is 12.3. The van der Waals surface area contributed by atoms with Crippen LogP contribution in [0.15, 0.2) is 55.0 Å². The van der Waals surface area contributed by atoms with Crippen LogP contribution >= 0.6 is 0 Å². The molecule has 3 nitrogen and oxygen atoms in total. The van der Waals surface area contributed by atoms with Crippen LogP contribution in [0.4, 0.5) is 0 Å². The van der Waals surface area contributed by atoms with Gasteiger partial charge in [-0.05, 0) is 37.3 Å². The first-order chi connectivity index (χ1) is 8.36. The Kier molecular flexibility index (Phi) is 2.37. The van der Waals surface area contributed by atoms with Crippen molar-refractivity contribution < 1.29 is 0 Å². The summed E-state index contributed by atoms with van der Waals surface area (Å²) >= 11 is 0. The van der Waals surface area contributed by atoms with Crippen molar-refractivity contribution in [1.82, 2.24) is 14.5 Å². The van der Waals surface area contributed by atoms with E-state index in [2.05, 4.69) is 39.8 Å². The Hall–Kier alpha value is -2.16. The van der Waals surface area contributed by atoms with Crippen LogP contribution in [0.1, 0.15) is 18.7 Å². The second-order valence-corrected chi connectivity index (χ2v) is 4.07. The van der Waals surface area contributed by atoms with Crippen molar-refractivity contribution in [2.75, 3.05) is 0 Å². The minimum Gasteiger partial charge on any atom is -0.324 e. The highest BCUT2D eigenvalue weighted by molar-refractivity contribution is 5.76. The maximum absolute atomic E-state index is 4.42. The summed E-state index contributed by atoms with van der Waals surface area (Å²) in [5.74, 6) is 0. The Morgan fingerprint density at radius 2 is 1.88 bits per heavy atom. The molecular formula is C14H13N3. The van der Waals surface area contributed by atoms with Gasteiger partial charge in [-0.15, -0.1) is 0 Å². The first kappa shape index (κ1) is 10.0. The Bertz CT molecular complexity index is 628. The van der Waals surface area contributed by atoms with E-state index in [0.29, 0.717) is 0 Å². The molecule has 84 valence electrons. The van der Waals surface area contributed by atoms with Crippen LogP contribution in [0.2, 0.25) is 0 Å². The Morgan fingerprint density at radius 1 is 1.00 bits per heavy atom. The van der Waals surface area contributed by atoms with Crippen molar-refractivity contribution in [3.8, 4) is 0 Å². The second kappa shape index (κ2) is 4.01. The number of aromatic nitrogens is 3. The molecule has 1 unspecified atom stereocenters. The van der Waals surface area contributed by atoms with Crippen LogP contribution < -0.4 is 0 Å². The minimum atomic E-state index is 0.198. The van der Waals surface area contributed by atoms with Crippen molar-refractivity contribution in [2.45, 2.75) is 13.0 Å². The van der Waals surface area contributed by atoms with Crippen LogP contribution in [0, 0.1) is 0 Å². The second-order valence-electron chi connectivity index (χ2n) is 4.07. The molecule has 3 rings (SSSR count). The van der Waals surface area contributed by atoms with Crippen molar-refractivity contribution in [3.63, 3.8) is 0 Å². The van der Waals surface area contributed by atoms with Crippen molar-refractivity contribution in [1.29, 1.82) is 0 Å². The van der Waals surface area contributed by atoms with E-state index in [4.69, 9.17) is 0 Å². The molecule has 0 N–H and O–H groups in total. The van der Waals surface area contributed by atoms with E-state index in [1.165, 1.54) is 0 Å². The van der Waals surface area contributed by atoms with Crippen LogP contribution in [0.25, 0.3) is 11.0 Å². The van der Waals surface area contributed by atoms with Gasteiger partial charge in [0.05, 0.1) is 11.7 Å². The molecule has 0 bridgehead atoms. The number of hydrogen-bond acceptors (Lipinski definition) is 2. The number of nitrogens with zero attached hydrogens (tertiary/aromatic N) is 3. The molecule has 0 aliphatic carbocycles. The molecule has 0 aromatic carbocycles. The first-order valence-corrected chi connectivity index (χ1v) is 5.69. The fraction of sp³-hybridized carbons (Fsp3) is 0.143. The number of hydrogen-bond donors (Lipinski definition) is 0. The Labute approximate surface area is 99.8 Å². The smallest absolute Gasteiger partial charge is 0.140 e. The lowest BCUT2D eigenvalue weighted by Gasteiger charge is -2.13. The van der Waals surface area contributed by atoms with Gasteiger partial charge in [-0.3, -0.25) is 4.98 Å². The van der Waals surface area contributed by atoms with Crippen LogP contribution in [-0.4, -0.2) is 14.5 Å². The summed E-state index contributed by atoms with van der Waals surface area (Å²) in [7, 11) is 0. The van der Waals surface area contributed by atoms with Gasteiger partial charge in [0.25, 0.3) is 0 Å². The van der Waals surface area contributed by atoms with Gasteiger partial charge in [-0.2, -0.15) is 0 Å². The zero-order chi connectivity index (χ0) is 11.7. The van der Waals surface area contributed by atoms with E-state index in [-0.39, 0.29) is 6.04 Å². The maximum Gasteiger partial charge on any atom is 0.140 e. The highest BCUT2D eigenvalue weighted by atomic mass is 15.1. The zero-order valence-corrected chi connectivity index (χ0v) is 9.62. The van der Waals surface area contributed by atoms with Gasteiger partial charge in [0.2, 0.25) is 0 Å². The van der Waals surface area contributed by atoms with Crippen molar-refractivity contribution >= 4 is 11.0 Å². The average Bonchev–Trinajstić information content (AvgIpc) is 2.83. The summed E-state index contributed by atoms with van der Waals surface area (Å²) in [5, 5.41) is 1.16. The lowest BCUT2D eigenvalue weighted by molar-refractivity contribution is 0.638. The topological polar surface area (TPSA) is 30.7 Å². The predicted molar refractivity (Wildman–Crippen MR) is 67.8 cm³/mol. The number of pyridine rings is 2. The standard InChI is InChI=1S/C14H13N3/c1-11(13-6-2-3-8-15-13)17-10-7-12-5-4-9-16-14(12)17/h2-11H,1H3. The van der Waals surface area contributed by atoms with Gasteiger partial charge in [-0.1, -0.05) is 6.07 Å². The predicted octanol–water partition coefficient (Wildman–Crippen LogP) is 3.04. The molecule has 0 saturated carbocycles. The van der Waals surface area contributed by atoms with Crippen molar-refractivity contribution in [3.05, 3.63) is 60.7 Å². The quantitative estimate of drug-likeness (QED) is 0.668. The summed E-state index contributed by atoms with van der Waals surface area (Å²) in [6.07, 6.45) is 5.71. The highest BCUT2D eigenvalue weighted by Gasteiger charge is 2.11. The molecular weight excluding hydrogens is 210 g/mol. The summed E-state index contributed by atoms with van der Waals surface area (Å²) in [4.78, 5) is 8.82. The van der Waals surface area contributed by atoms with Crippen LogP contribution in [-0.2, 0) is 0 Å². The molecule has 0 saturated heterocycles. The SMILES string of the molecule is CC(c1ccccn1)n1ccc2cccnc21.